The van der Waals surface area contributed by atoms with Gasteiger partial charge in [0.05, 0.1) is 0 Å². The van der Waals surface area contributed by atoms with Gasteiger partial charge in [-0.1, -0.05) is 0 Å². The summed E-state index contributed by atoms with van der Waals surface area (Å²) < 4.78 is 0. The van der Waals surface area contributed by atoms with Crippen molar-refractivity contribution in [2.45, 2.75) is 0 Å². The molecule has 0 aliphatic carbocycles. The van der Waals surface area contributed by atoms with E-state index in [1.54, 1.807) is 0 Å². The minimum absolute atomic E-state index is 0. The Morgan fingerprint density at radius 3 is 0.333 bits per heavy atom. The van der Waals surface area contributed by atoms with E-state index in [-0.39, 0.29) is 124 Å². The van der Waals surface area contributed by atoms with Crippen molar-refractivity contribution in [3.8, 4) is 0 Å². The van der Waals surface area contributed by atoms with Gasteiger partial charge >= 0.3 is 0 Å². The van der Waals surface area contributed by atoms with Crippen LogP contribution in [0.1, 0.15) is 0 Å². The van der Waals surface area contributed by atoms with Gasteiger partial charge in [-0.3, -0.25) is 0 Å². The van der Waals surface area contributed by atoms with Crippen LogP contribution in [0, 0.1) is 38.2 Å². The molecule has 0 rings (SSSR count). The molecule has 65 valence electrons. The van der Waals surface area contributed by atoms with Gasteiger partial charge in [0.1, 0.15) is 0 Å². The minimum Gasteiger partial charge on any atom is 0 e. The van der Waals surface area contributed by atoms with Gasteiger partial charge in [0, 0.05) is 124 Å². The normalized spacial score (nSPS) is 0. The first-order valence-electron chi connectivity index (χ1n) is 0. The molecular formula is Cu5Dy. The smallest absolute Gasteiger partial charge is 0 e. The summed E-state index contributed by atoms with van der Waals surface area (Å²) in [5, 5.41) is 0. The molecule has 0 aliphatic rings. The Bertz CT molecular complexity index is 3.90. The van der Waals surface area contributed by atoms with Crippen molar-refractivity contribution < 1.29 is 124 Å². The topological polar surface area (TPSA) is 0 Å². The second kappa shape index (κ2) is 36.7. The average molecular weight is 480 g/mol. The fourth-order valence-electron chi connectivity index (χ4n) is 0. The fourth-order valence-corrected chi connectivity index (χ4v) is 0. The van der Waals surface area contributed by atoms with Gasteiger partial charge in [0.2, 0.25) is 0 Å². The van der Waals surface area contributed by atoms with Crippen molar-refractivity contribution in [2.75, 3.05) is 0 Å². The largest absolute Gasteiger partial charge is 0 e. The molecule has 0 amide bonds. The SMILES string of the molecule is [Cu].[Cu].[Cu].[Cu].[Cu].[Dy]. The number of rotatable bonds is 0. The molecule has 0 nitrogen and oxygen atoms in total. The zero-order valence-electron chi connectivity index (χ0n) is 1.82. The molecule has 0 spiro atoms. The van der Waals surface area contributed by atoms with Crippen molar-refractivity contribution >= 4 is 0 Å². The summed E-state index contributed by atoms with van der Waals surface area (Å²) in [7, 11) is 0. The molecule has 0 saturated heterocycles. The van der Waals surface area contributed by atoms with Gasteiger partial charge in [-0.05, 0) is 0 Å². The Morgan fingerprint density at radius 2 is 0.333 bits per heavy atom. The predicted octanol–water partition coefficient (Wildman–Crippen LogP) is -0.0125. The molecule has 6 heteroatoms. The van der Waals surface area contributed by atoms with Gasteiger partial charge in [-0.25, -0.2) is 0 Å². The van der Waals surface area contributed by atoms with Crippen molar-refractivity contribution in [3.63, 3.8) is 0 Å². The summed E-state index contributed by atoms with van der Waals surface area (Å²) >= 11 is 0. The quantitative estimate of drug-likeness (QED) is 0.429. The molecular weight excluding hydrogens is 480 g/mol. The van der Waals surface area contributed by atoms with E-state index in [1.807, 2.05) is 0 Å². The maximum Gasteiger partial charge on any atom is 0 e. The molecule has 0 heterocycles. The van der Waals surface area contributed by atoms with E-state index in [0.29, 0.717) is 0 Å². The van der Waals surface area contributed by atoms with E-state index in [9.17, 15) is 0 Å². The van der Waals surface area contributed by atoms with Crippen LogP contribution in [0.5, 0.6) is 0 Å². The zero-order chi connectivity index (χ0) is 0. The predicted molar refractivity (Wildman–Crippen MR) is 0 cm³/mol. The molecule has 0 fully saturated rings. The van der Waals surface area contributed by atoms with Crippen LogP contribution in [0.25, 0.3) is 0 Å². The first-order chi connectivity index (χ1) is 0. The summed E-state index contributed by atoms with van der Waals surface area (Å²) in [6, 6.07) is 0. The van der Waals surface area contributed by atoms with Crippen LogP contribution in [0.3, 0.4) is 0 Å². The average Bonchev–Trinajstić information content (AvgIpc) is 0. The number of hydrogen-bond acceptors (Lipinski definition) is 0. The Kier molecular flexibility index (Phi) is 317. The van der Waals surface area contributed by atoms with E-state index in [1.165, 1.54) is 0 Å². The molecule has 0 saturated carbocycles. The standard InChI is InChI=1S/5Cu.Dy. The molecule has 0 N–H and O–H groups in total. The van der Waals surface area contributed by atoms with E-state index in [4.69, 9.17) is 0 Å². The summed E-state index contributed by atoms with van der Waals surface area (Å²) in [5.74, 6) is 0. The van der Waals surface area contributed by atoms with Crippen LogP contribution >= 0.6 is 0 Å². The third kappa shape index (κ3) is 24.8. The second-order valence-corrected chi connectivity index (χ2v) is 0. The van der Waals surface area contributed by atoms with Crippen molar-refractivity contribution in [1.29, 1.82) is 0 Å². The van der Waals surface area contributed by atoms with E-state index >= 15 is 0 Å². The summed E-state index contributed by atoms with van der Waals surface area (Å²) in [4.78, 5) is 0. The monoisotopic (exact) mass is 479 g/mol. The Hall–Kier alpha value is 3.87. The third-order valence-corrected chi connectivity index (χ3v) is 0. The van der Waals surface area contributed by atoms with Gasteiger partial charge < -0.3 is 0 Å². The minimum atomic E-state index is 0. The molecule has 5 radical (unpaired) electrons. The van der Waals surface area contributed by atoms with Crippen LogP contribution in [-0.4, -0.2) is 0 Å². The van der Waals surface area contributed by atoms with Crippen LogP contribution in [0.2, 0.25) is 0 Å². The Labute approximate surface area is 121 Å². The van der Waals surface area contributed by atoms with Crippen LogP contribution in [0.15, 0.2) is 0 Å². The van der Waals surface area contributed by atoms with Gasteiger partial charge in [0.15, 0.2) is 0 Å². The molecule has 6 heavy (non-hydrogen) atoms. The molecule has 0 atom stereocenters. The zero-order valence-corrected chi connectivity index (χ0v) is 8.56. The molecule has 0 aromatic heterocycles. The molecule has 0 aliphatic heterocycles. The molecule has 0 unspecified atom stereocenters. The Balaban J connectivity index is 0. The first-order valence-corrected chi connectivity index (χ1v) is 0. The van der Waals surface area contributed by atoms with E-state index < -0.39 is 0 Å². The summed E-state index contributed by atoms with van der Waals surface area (Å²) in [6.07, 6.45) is 0. The summed E-state index contributed by atoms with van der Waals surface area (Å²) in [5.41, 5.74) is 0. The molecule has 0 bridgehead atoms. The van der Waals surface area contributed by atoms with Crippen LogP contribution in [-0.2, 0) is 85.3 Å². The fraction of sp³-hybridized carbons (Fsp3) is 0. The van der Waals surface area contributed by atoms with Gasteiger partial charge in [0.25, 0.3) is 0 Å². The number of hydrogen-bond donors (Lipinski definition) is 0. The van der Waals surface area contributed by atoms with E-state index in [2.05, 4.69) is 0 Å². The third-order valence-electron chi connectivity index (χ3n) is 0. The van der Waals surface area contributed by atoms with Crippen LogP contribution < -0.4 is 0 Å². The maximum atomic E-state index is 0. The van der Waals surface area contributed by atoms with Crippen molar-refractivity contribution in [3.05, 3.63) is 0 Å². The van der Waals surface area contributed by atoms with Gasteiger partial charge in [-0.15, -0.1) is 0 Å². The maximum absolute atomic E-state index is 0. The Morgan fingerprint density at radius 1 is 0.333 bits per heavy atom. The molecule has 0 aromatic rings. The first kappa shape index (κ1) is 51.8. The van der Waals surface area contributed by atoms with Crippen LogP contribution in [0.4, 0.5) is 0 Å². The molecule has 0 aromatic carbocycles. The second-order valence-electron chi connectivity index (χ2n) is 0. The van der Waals surface area contributed by atoms with Gasteiger partial charge in [-0.2, -0.15) is 0 Å². The van der Waals surface area contributed by atoms with E-state index in [0.717, 1.165) is 0 Å². The van der Waals surface area contributed by atoms with Crippen molar-refractivity contribution in [1.82, 2.24) is 0 Å². The summed E-state index contributed by atoms with van der Waals surface area (Å²) in [6.45, 7) is 0. The van der Waals surface area contributed by atoms with Crippen molar-refractivity contribution in [2.24, 2.45) is 0 Å².